The number of rotatable bonds is 6. The number of nitrogens with one attached hydrogen (secondary N) is 2. The first-order chi connectivity index (χ1) is 12.2. The van der Waals surface area contributed by atoms with Gasteiger partial charge in [0.15, 0.2) is 10.1 Å². The zero-order valence-corrected chi connectivity index (χ0v) is 16.3. The molecule has 9 nitrogen and oxygen atoms in total. The molecule has 3 rings (SSSR count). The second-order valence-electron chi connectivity index (χ2n) is 7.08. The summed E-state index contributed by atoms with van der Waals surface area (Å²) in [6.07, 6.45) is 1.62. The molecule has 0 aromatic carbocycles. The van der Waals surface area contributed by atoms with Gasteiger partial charge in [0.25, 0.3) is 5.56 Å². The Balaban J connectivity index is 1.74. The second kappa shape index (κ2) is 6.88. The quantitative estimate of drug-likeness (QED) is 0.493. The molecule has 1 aliphatic carbocycles. The van der Waals surface area contributed by atoms with E-state index in [2.05, 4.69) is 20.5 Å². The van der Waals surface area contributed by atoms with E-state index in [9.17, 15) is 14.4 Å². The highest BCUT2D eigenvalue weighted by atomic mass is 32.2. The van der Waals surface area contributed by atoms with Gasteiger partial charge in [0, 0.05) is 11.6 Å². The minimum atomic E-state index is -0.748. The van der Waals surface area contributed by atoms with Crippen LogP contribution in [0.1, 0.15) is 50.0 Å². The number of thioether (sulfide) groups is 1. The molecule has 1 fully saturated rings. The highest BCUT2D eigenvalue weighted by Crippen LogP contribution is 2.35. The van der Waals surface area contributed by atoms with Crippen molar-refractivity contribution in [3.05, 3.63) is 26.4 Å². The van der Waals surface area contributed by atoms with Crippen LogP contribution in [0.15, 0.2) is 13.9 Å². The van der Waals surface area contributed by atoms with Gasteiger partial charge < -0.3 is 11.1 Å². The Morgan fingerprint density at radius 1 is 1.38 bits per heavy atom. The van der Waals surface area contributed by atoms with Crippen LogP contribution in [0.2, 0.25) is 0 Å². The highest BCUT2D eigenvalue weighted by Gasteiger charge is 2.30. The molecule has 0 spiro atoms. The molecule has 11 heteroatoms. The Bertz CT molecular complexity index is 952. The van der Waals surface area contributed by atoms with Gasteiger partial charge in [-0.05, 0) is 33.6 Å². The maximum atomic E-state index is 12.5. The van der Waals surface area contributed by atoms with Crippen LogP contribution in [0.3, 0.4) is 0 Å². The lowest BCUT2D eigenvalue weighted by molar-refractivity contribution is 0.102. The van der Waals surface area contributed by atoms with Crippen molar-refractivity contribution in [2.75, 3.05) is 16.8 Å². The highest BCUT2D eigenvalue weighted by molar-refractivity contribution is 8.01. The van der Waals surface area contributed by atoms with Crippen molar-refractivity contribution in [3.63, 3.8) is 0 Å². The number of ketones is 1. The van der Waals surface area contributed by atoms with E-state index >= 15 is 0 Å². The van der Waals surface area contributed by atoms with Crippen molar-refractivity contribution >= 4 is 39.8 Å². The van der Waals surface area contributed by atoms with Crippen molar-refractivity contribution in [3.8, 4) is 0 Å². The Morgan fingerprint density at radius 2 is 2.08 bits per heavy atom. The predicted molar refractivity (Wildman–Crippen MR) is 102 cm³/mol. The van der Waals surface area contributed by atoms with E-state index in [4.69, 9.17) is 5.73 Å². The first-order valence-corrected chi connectivity index (χ1v) is 9.88. The molecule has 1 aliphatic rings. The topological polar surface area (TPSA) is 136 Å². The summed E-state index contributed by atoms with van der Waals surface area (Å²) < 4.78 is 1.91. The van der Waals surface area contributed by atoms with E-state index in [1.807, 2.05) is 20.8 Å². The van der Waals surface area contributed by atoms with Crippen LogP contribution in [0.4, 0.5) is 10.9 Å². The maximum absolute atomic E-state index is 12.5. The SMILES string of the molecule is CC(C)(C)Nc1nnc(SCC(=O)c2c(N)n(C3CC3)c(=O)[nH]c2=O)s1. The number of aromatic amines is 1. The predicted octanol–water partition coefficient (Wildman–Crippen LogP) is 1.49. The molecule has 4 N–H and O–H groups in total. The van der Waals surface area contributed by atoms with Crippen LogP contribution < -0.4 is 22.3 Å². The van der Waals surface area contributed by atoms with E-state index in [0.717, 1.165) is 12.8 Å². The number of Topliss-reactive ketones (excluding diaryl/α,β-unsaturated/α-hetero) is 1. The summed E-state index contributed by atoms with van der Waals surface area (Å²) in [4.78, 5) is 38.6. The van der Waals surface area contributed by atoms with Crippen LogP contribution in [0, 0.1) is 0 Å². The van der Waals surface area contributed by atoms with E-state index in [1.54, 1.807) is 0 Å². The van der Waals surface area contributed by atoms with Gasteiger partial charge in [0.1, 0.15) is 11.4 Å². The van der Waals surface area contributed by atoms with Gasteiger partial charge in [0.05, 0.1) is 5.75 Å². The van der Waals surface area contributed by atoms with Crippen LogP contribution in [0.25, 0.3) is 0 Å². The third-order valence-corrected chi connectivity index (χ3v) is 5.56. The summed E-state index contributed by atoms with van der Waals surface area (Å²) in [7, 11) is 0. The van der Waals surface area contributed by atoms with Crippen molar-refractivity contribution in [2.24, 2.45) is 0 Å². The molecule has 26 heavy (non-hydrogen) atoms. The largest absolute Gasteiger partial charge is 0.384 e. The molecule has 0 atom stereocenters. The summed E-state index contributed by atoms with van der Waals surface area (Å²) in [6, 6.07) is -0.0345. The normalized spacial score (nSPS) is 14.4. The molecule has 1 saturated carbocycles. The van der Waals surface area contributed by atoms with Gasteiger partial charge >= 0.3 is 5.69 Å². The van der Waals surface area contributed by atoms with Crippen molar-refractivity contribution in [1.82, 2.24) is 19.7 Å². The molecule has 140 valence electrons. The first-order valence-electron chi connectivity index (χ1n) is 8.07. The molecule has 0 bridgehead atoms. The number of anilines is 2. The average Bonchev–Trinajstić information content (AvgIpc) is 3.23. The van der Waals surface area contributed by atoms with E-state index in [-0.39, 0.29) is 28.7 Å². The Labute approximate surface area is 157 Å². The molecule has 2 aromatic heterocycles. The number of hydrogen-bond acceptors (Lipinski definition) is 9. The monoisotopic (exact) mass is 396 g/mol. The maximum Gasteiger partial charge on any atom is 0.330 e. The molecule has 0 saturated heterocycles. The van der Waals surface area contributed by atoms with Gasteiger partial charge in [-0.1, -0.05) is 23.1 Å². The summed E-state index contributed by atoms with van der Waals surface area (Å²) >= 11 is 2.51. The fourth-order valence-electron chi connectivity index (χ4n) is 2.37. The number of H-pyrrole nitrogens is 1. The minimum absolute atomic E-state index is 0.0136. The van der Waals surface area contributed by atoms with Gasteiger partial charge in [0.2, 0.25) is 5.13 Å². The average molecular weight is 396 g/mol. The van der Waals surface area contributed by atoms with E-state index < -0.39 is 17.0 Å². The molecule has 0 unspecified atom stereocenters. The lowest BCUT2D eigenvalue weighted by Gasteiger charge is -2.18. The summed E-state index contributed by atoms with van der Waals surface area (Å²) in [5, 5.41) is 11.9. The van der Waals surface area contributed by atoms with Crippen LogP contribution in [-0.2, 0) is 0 Å². The fourth-order valence-corrected chi connectivity index (χ4v) is 4.20. The van der Waals surface area contributed by atoms with Crippen LogP contribution in [-0.4, -0.2) is 36.8 Å². The van der Waals surface area contributed by atoms with Gasteiger partial charge in [-0.2, -0.15) is 0 Å². The number of nitrogens with zero attached hydrogens (tertiary/aromatic N) is 3. The zero-order chi connectivity index (χ0) is 19.1. The third kappa shape index (κ3) is 4.15. The summed E-state index contributed by atoms with van der Waals surface area (Å²) in [5.74, 6) is -0.511. The number of carbonyl (C=O) groups is 1. The smallest absolute Gasteiger partial charge is 0.330 e. The number of nitrogen functional groups attached to an aromatic ring is 1. The minimum Gasteiger partial charge on any atom is -0.384 e. The molecular weight excluding hydrogens is 376 g/mol. The number of nitrogens with two attached hydrogens (primary N) is 1. The Kier molecular flexibility index (Phi) is 4.93. The van der Waals surface area contributed by atoms with Gasteiger partial charge in [-0.3, -0.25) is 19.1 Å². The number of aromatic nitrogens is 4. The van der Waals surface area contributed by atoms with Gasteiger partial charge in [-0.25, -0.2) is 4.79 Å². The summed E-state index contributed by atoms with van der Waals surface area (Å²) in [5.41, 5.74) is 4.32. The molecule has 0 radical (unpaired) electrons. The Morgan fingerprint density at radius 3 is 2.69 bits per heavy atom. The molecule has 2 heterocycles. The first kappa shape index (κ1) is 18.6. The fraction of sp³-hybridized carbons (Fsp3) is 0.533. The van der Waals surface area contributed by atoms with Crippen molar-refractivity contribution in [2.45, 2.75) is 49.5 Å². The van der Waals surface area contributed by atoms with Crippen LogP contribution >= 0.6 is 23.1 Å². The zero-order valence-electron chi connectivity index (χ0n) is 14.7. The van der Waals surface area contributed by atoms with Crippen molar-refractivity contribution < 1.29 is 4.79 Å². The lowest BCUT2D eigenvalue weighted by Crippen LogP contribution is -2.36. The van der Waals surface area contributed by atoms with E-state index in [0.29, 0.717) is 9.47 Å². The molecule has 0 aliphatic heterocycles. The third-order valence-electron chi connectivity index (χ3n) is 3.59. The summed E-state index contributed by atoms with van der Waals surface area (Å²) in [6.45, 7) is 6.03. The standard InChI is InChI=1S/C15H20N6O3S2/c1-15(2,3)18-12-19-20-14(26-12)25-6-8(22)9-10(16)21(7-4-5-7)13(24)17-11(9)23/h7H,4-6,16H2,1-3H3,(H,18,19)(H,17,23,24). The van der Waals surface area contributed by atoms with E-state index in [1.165, 1.54) is 27.7 Å². The number of hydrogen-bond donors (Lipinski definition) is 3. The molecule has 0 amide bonds. The number of carbonyl (C=O) groups excluding carboxylic acids is 1. The molecule has 2 aromatic rings. The van der Waals surface area contributed by atoms with Crippen molar-refractivity contribution in [1.29, 1.82) is 0 Å². The van der Waals surface area contributed by atoms with Crippen LogP contribution in [0.5, 0.6) is 0 Å². The second-order valence-corrected chi connectivity index (χ2v) is 9.28. The Hall–Kier alpha value is -2.14. The molecular formula is C15H20N6O3S2. The lowest BCUT2D eigenvalue weighted by atomic mass is 10.1. The van der Waals surface area contributed by atoms with Gasteiger partial charge in [-0.15, -0.1) is 10.2 Å².